The molecule has 7 heteroatoms. The first-order chi connectivity index (χ1) is 13.1. The van der Waals surface area contributed by atoms with E-state index in [1.54, 1.807) is 48.7 Å². The van der Waals surface area contributed by atoms with E-state index in [1.165, 1.54) is 23.9 Å². The quantitative estimate of drug-likeness (QED) is 0.347. The van der Waals surface area contributed by atoms with Crippen molar-refractivity contribution < 1.29 is 15.0 Å². The molecule has 1 aromatic heterocycles. The zero-order valence-corrected chi connectivity index (χ0v) is 15.1. The molecule has 0 atom stereocenters. The predicted molar refractivity (Wildman–Crippen MR) is 105 cm³/mol. The molecule has 0 spiro atoms. The van der Waals surface area contributed by atoms with Crippen LogP contribution in [0.25, 0.3) is 0 Å². The summed E-state index contributed by atoms with van der Waals surface area (Å²) in [5.74, 6) is -0.197. The molecule has 0 aliphatic rings. The summed E-state index contributed by atoms with van der Waals surface area (Å²) in [5.41, 5.74) is 3.55. The average Bonchev–Trinajstić information content (AvgIpc) is 2.70. The number of hydrazone groups is 1. The number of rotatable bonds is 6. The third-order valence-electron chi connectivity index (χ3n) is 3.60. The molecule has 1 heterocycles. The van der Waals surface area contributed by atoms with E-state index in [2.05, 4.69) is 15.5 Å². The molecule has 27 heavy (non-hydrogen) atoms. The van der Waals surface area contributed by atoms with E-state index in [9.17, 15) is 15.0 Å². The molecular weight excluding hydrogens is 362 g/mol. The highest BCUT2D eigenvalue weighted by Gasteiger charge is 2.15. The van der Waals surface area contributed by atoms with Crippen LogP contribution in [0.4, 0.5) is 0 Å². The number of carbonyl (C=O) groups is 1. The Bertz CT molecular complexity index is 914. The average molecular weight is 379 g/mol. The number of aromatic nitrogens is 1. The van der Waals surface area contributed by atoms with Crippen LogP contribution in [0.3, 0.4) is 0 Å². The summed E-state index contributed by atoms with van der Waals surface area (Å²) in [4.78, 5) is 16.3. The normalized spacial score (nSPS) is 10.2. The minimum atomic E-state index is -0.325. The molecule has 2 aromatic carbocycles. The van der Waals surface area contributed by atoms with Crippen LogP contribution in [0.2, 0.25) is 0 Å². The number of carbonyl (C=O) groups excluding carboxylic acids is 1. The Labute approximate surface area is 160 Å². The van der Waals surface area contributed by atoms with Gasteiger partial charge in [0.1, 0.15) is 17.2 Å². The predicted octanol–water partition coefficient (Wildman–Crippen LogP) is 3.15. The maximum atomic E-state index is 12.2. The van der Waals surface area contributed by atoms with Crippen LogP contribution < -0.4 is 5.43 Å². The van der Waals surface area contributed by atoms with Gasteiger partial charge in [-0.05, 0) is 36.4 Å². The van der Waals surface area contributed by atoms with Crippen molar-refractivity contribution >= 4 is 23.4 Å². The van der Waals surface area contributed by atoms with Crippen molar-refractivity contribution in [3.05, 3.63) is 84.1 Å². The van der Waals surface area contributed by atoms with Crippen molar-refractivity contribution in [3.8, 4) is 11.5 Å². The van der Waals surface area contributed by atoms with Gasteiger partial charge in [-0.3, -0.25) is 4.79 Å². The van der Waals surface area contributed by atoms with Gasteiger partial charge in [0.05, 0.1) is 10.8 Å². The molecule has 3 N–H and O–H groups in total. The van der Waals surface area contributed by atoms with Crippen molar-refractivity contribution in [1.29, 1.82) is 0 Å². The third kappa shape index (κ3) is 4.86. The van der Waals surface area contributed by atoms with Crippen LogP contribution in [0, 0.1) is 0 Å². The Balaban J connectivity index is 1.82. The van der Waals surface area contributed by atoms with Gasteiger partial charge in [0, 0.05) is 17.3 Å². The minimum absolute atomic E-state index is 0.00314. The van der Waals surface area contributed by atoms with Crippen molar-refractivity contribution in [3.63, 3.8) is 0 Å². The highest BCUT2D eigenvalue weighted by atomic mass is 32.2. The molecule has 0 radical (unpaired) electrons. The summed E-state index contributed by atoms with van der Waals surface area (Å²) >= 11 is 1.29. The Kier molecular flexibility index (Phi) is 6.06. The van der Waals surface area contributed by atoms with Gasteiger partial charge in [0.2, 0.25) is 5.91 Å². The number of para-hydroxylation sites is 2. The minimum Gasteiger partial charge on any atom is -0.507 e. The number of aromatic hydroxyl groups is 2. The summed E-state index contributed by atoms with van der Waals surface area (Å²) in [7, 11) is 0. The van der Waals surface area contributed by atoms with Gasteiger partial charge in [-0.25, -0.2) is 10.4 Å². The van der Waals surface area contributed by atoms with Crippen LogP contribution in [0.1, 0.15) is 11.1 Å². The molecule has 0 saturated carbocycles. The highest BCUT2D eigenvalue weighted by Crippen LogP contribution is 2.25. The lowest BCUT2D eigenvalue weighted by Crippen LogP contribution is -2.22. The van der Waals surface area contributed by atoms with E-state index in [1.807, 2.05) is 12.1 Å². The van der Waals surface area contributed by atoms with E-state index in [4.69, 9.17) is 0 Å². The Hall–Kier alpha value is -3.32. The third-order valence-corrected chi connectivity index (χ3v) is 4.54. The topological polar surface area (TPSA) is 94.8 Å². The van der Waals surface area contributed by atoms with E-state index in [0.29, 0.717) is 11.1 Å². The van der Waals surface area contributed by atoms with Crippen molar-refractivity contribution in [1.82, 2.24) is 10.4 Å². The van der Waals surface area contributed by atoms with Crippen LogP contribution >= 0.6 is 11.8 Å². The second-order valence-electron chi connectivity index (χ2n) is 5.49. The SMILES string of the molecule is O=C(CSc1ccccn1)NN=C(c1ccccc1O)c1ccccc1O. The smallest absolute Gasteiger partial charge is 0.250 e. The molecule has 0 aliphatic carbocycles. The molecule has 0 fully saturated rings. The highest BCUT2D eigenvalue weighted by molar-refractivity contribution is 7.99. The zero-order chi connectivity index (χ0) is 19.1. The summed E-state index contributed by atoms with van der Waals surface area (Å²) in [6, 6.07) is 18.7. The second-order valence-corrected chi connectivity index (χ2v) is 6.48. The van der Waals surface area contributed by atoms with Crippen LogP contribution in [0.15, 0.2) is 83.1 Å². The summed E-state index contributed by atoms with van der Waals surface area (Å²) < 4.78 is 0. The maximum Gasteiger partial charge on any atom is 0.250 e. The molecule has 1 amide bonds. The summed E-state index contributed by atoms with van der Waals surface area (Å²) in [5, 5.41) is 25.2. The van der Waals surface area contributed by atoms with Crippen LogP contribution in [0.5, 0.6) is 11.5 Å². The maximum absolute atomic E-state index is 12.2. The lowest BCUT2D eigenvalue weighted by molar-refractivity contribution is -0.118. The number of hydrogen-bond donors (Lipinski definition) is 3. The van der Waals surface area contributed by atoms with E-state index >= 15 is 0 Å². The van der Waals surface area contributed by atoms with Crippen molar-refractivity contribution in [2.75, 3.05) is 5.75 Å². The molecule has 0 saturated heterocycles. The number of hydrogen-bond acceptors (Lipinski definition) is 6. The number of benzene rings is 2. The molecular formula is C20H17N3O3S. The number of phenols is 2. The van der Waals surface area contributed by atoms with Gasteiger partial charge in [-0.2, -0.15) is 5.10 Å². The zero-order valence-electron chi connectivity index (χ0n) is 14.2. The monoisotopic (exact) mass is 379 g/mol. The number of amides is 1. The Morgan fingerprint density at radius 3 is 2.07 bits per heavy atom. The van der Waals surface area contributed by atoms with E-state index in [-0.39, 0.29) is 28.9 Å². The van der Waals surface area contributed by atoms with Gasteiger partial charge in [0.15, 0.2) is 0 Å². The number of pyridine rings is 1. The lowest BCUT2D eigenvalue weighted by atomic mass is 10.0. The van der Waals surface area contributed by atoms with Gasteiger partial charge in [-0.15, -0.1) is 0 Å². The number of nitrogens with one attached hydrogen (secondary N) is 1. The number of thioether (sulfide) groups is 1. The van der Waals surface area contributed by atoms with Crippen molar-refractivity contribution in [2.45, 2.75) is 5.03 Å². The lowest BCUT2D eigenvalue weighted by Gasteiger charge is -2.11. The first-order valence-corrected chi connectivity index (χ1v) is 9.11. The van der Waals surface area contributed by atoms with Crippen LogP contribution in [-0.4, -0.2) is 32.6 Å². The molecule has 6 nitrogen and oxygen atoms in total. The van der Waals surface area contributed by atoms with Gasteiger partial charge < -0.3 is 10.2 Å². The van der Waals surface area contributed by atoms with Gasteiger partial charge >= 0.3 is 0 Å². The summed E-state index contributed by atoms with van der Waals surface area (Å²) in [6.45, 7) is 0. The molecule has 0 aliphatic heterocycles. The van der Waals surface area contributed by atoms with Crippen molar-refractivity contribution in [2.24, 2.45) is 5.10 Å². The molecule has 3 aromatic rings. The first-order valence-electron chi connectivity index (χ1n) is 8.12. The molecule has 0 bridgehead atoms. The van der Waals surface area contributed by atoms with E-state index in [0.717, 1.165) is 5.03 Å². The second kappa shape index (κ2) is 8.86. The Morgan fingerprint density at radius 2 is 1.52 bits per heavy atom. The first kappa shape index (κ1) is 18.5. The molecule has 136 valence electrons. The summed E-state index contributed by atoms with van der Waals surface area (Å²) in [6.07, 6.45) is 1.66. The van der Waals surface area contributed by atoms with Gasteiger partial charge in [-0.1, -0.05) is 42.1 Å². The Morgan fingerprint density at radius 1 is 0.926 bits per heavy atom. The van der Waals surface area contributed by atoms with Gasteiger partial charge in [0.25, 0.3) is 0 Å². The molecule has 0 unspecified atom stereocenters. The standard InChI is InChI=1S/C20H17N3O3S/c24-16-9-3-1-7-14(16)20(15-8-2-4-10-17(15)25)23-22-18(26)13-27-19-11-5-6-12-21-19/h1-12,24-25H,13H2,(H,22,26). The fourth-order valence-corrected chi connectivity index (χ4v) is 2.99. The number of phenolic OH excluding ortho intramolecular Hbond substituents is 2. The largest absolute Gasteiger partial charge is 0.507 e. The van der Waals surface area contributed by atoms with E-state index < -0.39 is 0 Å². The van der Waals surface area contributed by atoms with Crippen LogP contribution in [-0.2, 0) is 4.79 Å². The fraction of sp³-hybridized carbons (Fsp3) is 0.0500. The fourth-order valence-electron chi connectivity index (χ4n) is 2.34. The molecule has 3 rings (SSSR count). The number of nitrogens with zero attached hydrogens (tertiary/aromatic N) is 2.